The fourth-order valence-electron chi connectivity index (χ4n) is 1.70. The third kappa shape index (κ3) is 2.83. The van der Waals surface area contributed by atoms with Gasteiger partial charge in [0.25, 0.3) is 5.91 Å². The van der Waals surface area contributed by atoms with Gasteiger partial charge in [-0.3, -0.25) is 4.79 Å². The van der Waals surface area contributed by atoms with Crippen molar-refractivity contribution in [1.29, 1.82) is 0 Å². The van der Waals surface area contributed by atoms with Gasteiger partial charge in [-0.25, -0.2) is 14.4 Å². The molecular formula is C13H20FN3O. The molecule has 1 heterocycles. The molecule has 0 unspecified atom stereocenters. The molecule has 4 nitrogen and oxygen atoms in total. The lowest BCUT2D eigenvalue weighted by Crippen LogP contribution is -2.33. The van der Waals surface area contributed by atoms with Crippen molar-refractivity contribution < 1.29 is 9.18 Å². The molecule has 0 atom stereocenters. The van der Waals surface area contributed by atoms with Crippen molar-refractivity contribution in [3.63, 3.8) is 0 Å². The van der Waals surface area contributed by atoms with Crippen LogP contribution in [0, 0.1) is 5.82 Å². The van der Waals surface area contributed by atoms with Crippen molar-refractivity contribution in [2.24, 2.45) is 0 Å². The van der Waals surface area contributed by atoms with Crippen LogP contribution >= 0.6 is 0 Å². The van der Waals surface area contributed by atoms with E-state index in [1.54, 1.807) is 0 Å². The Hall–Kier alpha value is -1.52. The molecule has 100 valence electrons. The number of hydrogen-bond acceptors (Lipinski definition) is 3. The average Bonchev–Trinajstić information content (AvgIpc) is 2.29. The zero-order valence-corrected chi connectivity index (χ0v) is 11.6. The topological polar surface area (TPSA) is 46.1 Å². The van der Waals surface area contributed by atoms with Crippen molar-refractivity contribution in [1.82, 2.24) is 14.9 Å². The third-order valence-corrected chi connectivity index (χ3v) is 2.75. The Morgan fingerprint density at radius 2 is 1.83 bits per heavy atom. The van der Waals surface area contributed by atoms with Crippen LogP contribution in [0.15, 0.2) is 6.33 Å². The smallest absolute Gasteiger partial charge is 0.275 e. The van der Waals surface area contributed by atoms with Crippen molar-refractivity contribution in [3.8, 4) is 0 Å². The molecule has 0 saturated carbocycles. The normalized spacial score (nSPS) is 11.4. The van der Waals surface area contributed by atoms with Gasteiger partial charge in [-0.05, 0) is 13.8 Å². The van der Waals surface area contributed by atoms with Gasteiger partial charge < -0.3 is 4.90 Å². The minimum atomic E-state index is -0.609. The van der Waals surface area contributed by atoms with Gasteiger partial charge in [0.05, 0.1) is 5.69 Å². The Labute approximate surface area is 107 Å². The second-order valence-electron chi connectivity index (χ2n) is 5.11. The lowest BCUT2D eigenvalue weighted by Gasteiger charge is -2.21. The van der Waals surface area contributed by atoms with Crippen molar-refractivity contribution >= 4 is 5.91 Å². The summed E-state index contributed by atoms with van der Waals surface area (Å²) in [7, 11) is 0. The predicted octanol–water partition coefficient (Wildman–Crippen LogP) is 2.40. The Kier molecular flexibility index (Phi) is 4.38. The number of carbonyl (C=O) groups excluding carboxylic acids is 1. The van der Waals surface area contributed by atoms with Crippen LogP contribution in [0.1, 0.15) is 50.8 Å². The summed E-state index contributed by atoms with van der Waals surface area (Å²) in [6, 6.07) is 0. The monoisotopic (exact) mass is 253 g/mol. The lowest BCUT2D eigenvalue weighted by atomic mass is 9.91. The average molecular weight is 253 g/mol. The molecule has 1 rings (SSSR count). The summed E-state index contributed by atoms with van der Waals surface area (Å²) in [6.45, 7) is 10.3. The first-order valence-electron chi connectivity index (χ1n) is 6.13. The summed E-state index contributed by atoms with van der Waals surface area (Å²) in [4.78, 5) is 21.4. The molecule has 0 N–H and O–H groups in total. The number of aromatic nitrogens is 2. The highest BCUT2D eigenvalue weighted by Gasteiger charge is 2.27. The zero-order valence-electron chi connectivity index (χ0n) is 11.6. The second kappa shape index (κ2) is 5.42. The molecule has 0 spiro atoms. The van der Waals surface area contributed by atoms with E-state index in [0.717, 1.165) is 0 Å². The minimum Gasteiger partial charge on any atom is -0.338 e. The van der Waals surface area contributed by atoms with E-state index in [1.807, 2.05) is 34.6 Å². The molecule has 1 aromatic rings. The maximum Gasteiger partial charge on any atom is 0.275 e. The summed E-state index contributed by atoms with van der Waals surface area (Å²) < 4.78 is 14.3. The van der Waals surface area contributed by atoms with E-state index in [4.69, 9.17) is 0 Å². The van der Waals surface area contributed by atoms with Crippen LogP contribution in [0.2, 0.25) is 0 Å². The Balaban J connectivity index is 3.23. The molecule has 0 saturated heterocycles. The highest BCUT2D eigenvalue weighted by molar-refractivity contribution is 5.92. The van der Waals surface area contributed by atoms with E-state index in [2.05, 4.69) is 9.97 Å². The summed E-state index contributed by atoms with van der Waals surface area (Å²) in [5.74, 6) is -0.993. The summed E-state index contributed by atoms with van der Waals surface area (Å²) >= 11 is 0. The summed E-state index contributed by atoms with van der Waals surface area (Å²) in [5, 5.41) is 0. The standard InChI is InChI=1S/C13H20FN3O/c1-6-17(7-2)12(18)10-9(14)11(13(3,4)5)16-8-15-10/h8H,6-7H2,1-5H3. The maximum absolute atomic E-state index is 14.3. The highest BCUT2D eigenvalue weighted by atomic mass is 19.1. The summed E-state index contributed by atoms with van der Waals surface area (Å²) in [6.07, 6.45) is 1.25. The Morgan fingerprint density at radius 1 is 1.28 bits per heavy atom. The Morgan fingerprint density at radius 3 is 2.28 bits per heavy atom. The van der Waals surface area contributed by atoms with Gasteiger partial charge in [0.2, 0.25) is 0 Å². The van der Waals surface area contributed by atoms with Crippen LogP contribution < -0.4 is 0 Å². The predicted molar refractivity (Wildman–Crippen MR) is 67.9 cm³/mol. The van der Waals surface area contributed by atoms with Gasteiger partial charge in [-0.15, -0.1) is 0 Å². The van der Waals surface area contributed by atoms with Gasteiger partial charge in [0, 0.05) is 18.5 Å². The number of amides is 1. The molecule has 0 aliphatic rings. The molecule has 1 aromatic heterocycles. The number of halogens is 1. The van der Waals surface area contributed by atoms with E-state index >= 15 is 0 Å². The number of hydrogen-bond donors (Lipinski definition) is 0. The van der Waals surface area contributed by atoms with E-state index in [-0.39, 0.29) is 17.3 Å². The van der Waals surface area contributed by atoms with Crippen molar-refractivity contribution in [2.45, 2.75) is 40.0 Å². The van der Waals surface area contributed by atoms with Crippen LogP contribution in [0.4, 0.5) is 4.39 Å². The fraction of sp³-hybridized carbons (Fsp3) is 0.615. The Bertz CT molecular complexity index is 436. The molecule has 1 amide bonds. The first-order valence-corrected chi connectivity index (χ1v) is 6.13. The third-order valence-electron chi connectivity index (χ3n) is 2.75. The number of carbonyl (C=O) groups is 1. The largest absolute Gasteiger partial charge is 0.338 e. The van der Waals surface area contributed by atoms with E-state index in [1.165, 1.54) is 11.2 Å². The minimum absolute atomic E-state index is 0.140. The zero-order chi connectivity index (χ0) is 13.9. The quantitative estimate of drug-likeness (QED) is 0.831. The van der Waals surface area contributed by atoms with Crippen LogP contribution in [0.25, 0.3) is 0 Å². The molecule has 0 aliphatic carbocycles. The van der Waals surface area contributed by atoms with Gasteiger partial charge >= 0.3 is 0 Å². The van der Waals surface area contributed by atoms with Crippen LogP contribution in [0.3, 0.4) is 0 Å². The molecule has 0 aromatic carbocycles. The van der Waals surface area contributed by atoms with Gasteiger partial charge in [-0.2, -0.15) is 0 Å². The van der Waals surface area contributed by atoms with Crippen LogP contribution in [0.5, 0.6) is 0 Å². The second-order valence-corrected chi connectivity index (χ2v) is 5.11. The molecule has 0 radical (unpaired) electrons. The van der Waals surface area contributed by atoms with E-state index < -0.39 is 11.2 Å². The van der Waals surface area contributed by atoms with Crippen molar-refractivity contribution in [3.05, 3.63) is 23.5 Å². The van der Waals surface area contributed by atoms with E-state index in [9.17, 15) is 9.18 Å². The molecule has 0 aliphatic heterocycles. The molecular weight excluding hydrogens is 233 g/mol. The van der Waals surface area contributed by atoms with Gasteiger partial charge in [0.15, 0.2) is 11.5 Å². The van der Waals surface area contributed by atoms with Crippen molar-refractivity contribution in [2.75, 3.05) is 13.1 Å². The molecule has 0 fully saturated rings. The summed E-state index contributed by atoms with van der Waals surface area (Å²) in [5.41, 5.74) is -0.322. The van der Waals surface area contributed by atoms with Gasteiger partial charge in [-0.1, -0.05) is 20.8 Å². The van der Waals surface area contributed by atoms with Gasteiger partial charge in [0.1, 0.15) is 6.33 Å². The van der Waals surface area contributed by atoms with Crippen LogP contribution in [-0.2, 0) is 5.41 Å². The molecule has 0 bridgehead atoms. The number of rotatable bonds is 3. The SMILES string of the molecule is CCN(CC)C(=O)c1ncnc(C(C)(C)C)c1F. The number of nitrogens with zero attached hydrogens (tertiary/aromatic N) is 3. The first kappa shape index (κ1) is 14.5. The fourth-order valence-corrected chi connectivity index (χ4v) is 1.70. The molecule has 5 heteroatoms. The lowest BCUT2D eigenvalue weighted by molar-refractivity contribution is 0.0761. The maximum atomic E-state index is 14.3. The highest BCUT2D eigenvalue weighted by Crippen LogP contribution is 2.24. The first-order chi connectivity index (χ1) is 8.32. The van der Waals surface area contributed by atoms with E-state index in [0.29, 0.717) is 13.1 Å². The van der Waals surface area contributed by atoms with Crippen LogP contribution in [-0.4, -0.2) is 33.9 Å². The molecule has 18 heavy (non-hydrogen) atoms.